The van der Waals surface area contributed by atoms with Crippen molar-refractivity contribution in [3.8, 4) is 0 Å². The first-order valence-electron chi connectivity index (χ1n) is 7.03. The van der Waals surface area contributed by atoms with E-state index in [4.69, 9.17) is 0 Å². The van der Waals surface area contributed by atoms with Crippen LogP contribution in [-0.4, -0.2) is 53.9 Å². The molecule has 0 aromatic rings. The number of nitrogens with zero attached hydrogens (tertiary/aromatic N) is 1. The number of aliphatic hydroxyl groups is 1. The second kappa shape index (κ2) is 6.09. The molecule has 0 aromatic heterocycles. The molecule has 5 heteroatoms. The van der Waals surface area contributed by atoms with Crippen molar-refractivity contribution in [3.05, 3.63) is 0 Å². The minimum Gasteiger partial charge on any atom is -0.389 e. The number of likely N-dealkylation sites (N-methyl/N-ethyl adjacent to an activating group) is 1. The smallest absolute Gasteiger partial charge is 0.315 e. The van der Waals surface area contributed by atoms with Gasteiger partial charge in [-0.2, -0.15) is 0 Å². The maximum Gasteiger partial charge on any atom is 0.315 e. The number of rotatable bonds is 2. The maximum absolute atomic E-state index is 11.9. The van der Waals surface area contributed by atoms with Crippen LogP contribution in [0.15, 0.2) is 0 Å². The van der Waals surface area contributed by atoms with Gasteiger partial charge in [0.25, 0.3) is 0 Å². The molecule has 1 saturated carbocycles. The molecule has 0 radical (unpaired) electrons. The number of nitrogens with one attached hydrogen (secondary N) is 2. The Kier molecular flexibility index (Phi) is 5.21. The zero-order chi connectivity index (χ0) is 14.8. The normalized spacial score (nSPS) is 32.2. The highest BCUT2D eigenvalue weighted by atomic mass is 16.3. The van der Waals surface area contributed by atoms with Crippen LogP contribution >= 0.6 is 0 Å². The lowest BCUT2D eigenvalue weighted by atomic mass is 9.81. The lowest BCUT2D eigenvalue weighted by Crippen LogP contribution is -2.59. The zero-order valence-electron chi connectivity index (χ0n) is 13.0. The molecule has 3 N–H and O–H groups in total. The Labute approximate surface area is 116 Å². The Hall–Kier alpha value is -0.810. The first-order chi connectivity index (χ1) is 8.60. The van der Waals surface area contributed by atoms with E-state index in [2.05, 4.69) is 17.6 Å². The summed E-state index contributed by atoms with van der Waals surface area (Å²) in [5, 5.41) is 16.2. The summed E-state index contributed by atoms with van der Waals surface area (Å²) in [5.41, 5.74) is -0.268. The van der Waals surface area contributed by atoms with Gasteiger partial charge in [-0.1, -0.05) is 6.92 Å². The Morgan fingerprint density at radius 3 is 2.32 bits per heavy atom. The maximum atomic E-state index is 11.9. The van der Waals surface area contributed by atoms with Crippen molar-refractivity contribution in [2.45, 2.75) is 64.3 Å². The van der Waals surface area contributed by atoms with Crippen LogP contribution < -0.4 is 10.6 Å². The fourth-order valence-electron chi connectivity index (χ4n) is 2.69. The molecule has 0 heterocycles. The van der Waals surface area contributed by atoms with Gasteiger partial charge in [-0.05, 0) is 53.6 Å². The lowest BCUT2D eigenvalue weighted by molar-refractivity contribution is 0.00417. The van der Waals surface area contributed by atoms with Crippen LogP contribution in [0.2, 0.25) is 0 Å². The Bertz CT molecular complexity index is 312. The SMILES string of the molecule is C[C@H]1CC(NC(=O)NC(C)(C)C)[C@H](O)[C@@H](N(C)C)C1. The molecule has 0 aromatic carbocycles. The average Bonchev–Trinajstić information content (AvgIpc) is 2.19. The topological polar surface area (TPSA) is 64.6 Å². The quantitative estimate of drug-likeness (QED) is 0.706. The van der Waals surface area contributed by atoms with Crippen LogP contribution in [0, 0.1) is 5.92 Å². The summed E-state index contributed by atoms with van der Waals surface area (Å²) in [5.74, 6) is 0.496. The minimum absolute atomic E-state index is 0.101. The summed E-state index contributed by atoms with van der Waals surface area (Å²) in [6.45, 7) is 7.98. The molecular weight excluding hydrogens is 242 g/mol. The molecule has 4 atom stereocenters. The predicted molar refractivity (Wildman–Crippen MR) is 77.1 cm³/mol. The molecule has 112 valence electrons. The first-order valence-corrected chi connectivity index (χ1v) is 7.03. The molecule has 2 amide bonds. The van der Waals surface area contributed by atoms with Gasteiger partial charge in [0.2, 0.25) is 0 Å². The highest BCUT2D eigenvalue weighted by Gasteiger charge is 2.37. The number of carbonyl (C=O) groups excluding carboxylic acids is 1. The van der Waals surface area contributed by atoms with Gasteiger partial charge < -0.3 is 20.6 Å². The number of amides is 2. The largest absolute Gasteiger partial charge is 0.389 e. The first kappa shape index (κ1) is 16.2. The average molecular weight is 271 g/mol. The molecule has 1 aliphatic rings. The van der Waals surface area contributed by atoms with E-state index in [9.17, 15) is 9.90 Å². The van der Waals surface area contributed by atoms with Crippen LogP contribution in [-0.2, 0) is 0 Å². The van der Waals surface area contributed by atoms with Crippen molar-refractivity contribution in [3.63, 3.8) is 0 Å². The highest BCUT2D eigenvalue weighted by Crippen LogP contribution is 2.27. The van der Waals surface area contributed by atoms with E-state index in [-0.39, 0.29) is 23.7 Å². The third-order valence-corrected chi connectivity index (χ3v) is 3.57. The van der Waals surface area contributed by atoms with Gasteiger partial charge in [0.05, 0.1) is 12.1 Å². The van der Waals surface area contributed by atoms with Crippen LogP contribution in [0.1, 0.15) is 40.5 Å². The van der Waals surface area contributed by atoms with Gasteiger partial charge >= 0.3 is 6.03 Å². The van der Waals surface area contributed by atoms with Crippen LogP contribution in [0.4, 0.5) is 4.79 Å². The number of hydrogen-bond acceptors (Lipinski definition) is 3. The van der Waals surface area contributed by atoms with Crippen LogP contribution in [0.3, 0.4) is 0 Å². The summed E-state index contributed by atoms with van der Waals surface area (Å²) in [6.07, 6.45) is 1.27. The Morgan fingerprint density at radius 2 is 1.84 bits per heavy atom. The zero-order valence-corrected chi connectivity index (χ0v) is 13.0. The molecule has 0 saturated heterocycles. The molecule has 5 nitrogen and oxygen atoms in total. The number of aliphatic hydroxyl groups excluding tert-OH is 1. The summed E-state index contributed by atoms with van der Waals surface area (Å²) in [7, 11) is 3.94. The van der Waals surface area contributed by atoms with Crippen molar-refractivity contribution < 1.29 is 9.90 Å². The van der Waals surface area contributed by atoms with E-state index in [1.54, 1.807) is 0 Å². The van der Waals surface area contributed by atoms with Crippen molar-refractivity contribution in [2.75, 3.05) is 14.1 Å². The minimum atomic E-state index is -0.517. The summed E-state index contributed by atoms with van der Waals surface area (Å²) < 4.78 is 0. The third kappa shape index (κ3) is 4.99. The van der Waals surface area contributed by atoms with Crippen molar-refractivity contribution >= 4 is 6.03 Å². The Balaban J connectivity index is 2.63. The van der Waals surface area contributed by atoms with Gasteiger partial charge in [0.15, 0.2) is 0 Å². The summed E-state index contributed by atoms with van der Waals surface area (Å²) in [6, 6.07) is -0.287. The van der Waals surface area contributed by atoms with Crippen molar-refractivity contribution in [1.82, 2.24) is 15.5 Å². The van der Waals surface area contributed by atoms with Gasteiger partial charge in [-0.15, -0.1) is 0 Å². The van der Waals surface area contributed by atoms with E-state index in [1.165, 1.54) is 0 Å². The summed E-state index contributed by atoms with van der Waals surface area (Å²) >= 11 is 0. The van der Waals surface area contributed by atoms with Gasteiger partial charge in [0.1, 0.15) is 0 Å². The third-order valence-electron chi connectivity index (χ3n) is 3.57. The van der Waals surface area contributed by atoms with Crippen LogP contribution in [0.5, 0.6) is 0 Å². The number of urea groups is 1. The van der Waals surface area contributed by atoms with E-state index in [0.717, 1.165) is 12.8 Å². The monoisotopic (exact) mass is 271 g/mol. The standard InChI is InChI=1S/C14H29N3O2/c1-9-7-10(12(18)11(8-9)17(5)6)15-13(19)16-14(2,3)4/h9-12,18H,7-8H2,1-6H3,(H2,15,16,19)/t9-,10?,11-,12-/m0/s1. The van der Waals surface area contributed by atoms with E-state index in [0.29, 0.717) is 5.92 Å². The summed E-state index contributed by atoms with van der Waals surface area (Å²) in [4.78, 5) is 13.9. The van der Waals surface area contributed by atoms with Crippen molar-refractivity contribution in [2.24, 2.45) is 5.92 Å². The molecule has 1 unspecified atom stereocenters. The predicted octanol–water partition coefficient (Wildman–Crippen LogP) is 1.17. The lowest BCUT2D eigenvalue weighted by Gasteiger charge is -2.41. The second-order valence-electron chi connectivity index (χ2n) is 7.05. The van der Waals surface area contributed by atoms with Gasteiger partial charge in [-0.3, -0.25) is 0 Å². The fourth-order valence-corrected chi connectivity index (χ4v) is 2.69. The highest BCUT2D eigenvalue weighted by molar-refractivity contribution is 5.75. The fraction of sp³-hybridized carbons (Fsp3) is 0.929. The van der Waals surface area contributed by atoms with Crippen LogP contribution in [0.25, 0.3) is 0 Å². The molecule has 1 rings (SSSR count). The molecule has 0 bridgehead atoms. The molecule has 1 fully saturated rings. The van der Waals surface area contributed by atoms with E-state index in [1.807, 2.05) is 39.8 Å². The molecule has 19 heavy (non-hydrogen) atoms. The molecule has 0 spiro atoms. The molecule has 0 aliphatic heterocycles. The van der Waals surface area contributed by atoms with E-state index < -0.39 is 6.10 Å². The van der Waals surface area contributed by atoms with Gasteiger partial charge in [-0.25, -0.2) is 4.79 Å². The number of hydrogen-bond donors (Lipinski definition) is 3. The van der Waals surface area contributed by atoms with Crippen molar-refractivity contribution in [1.29, 1.82) is 0 Å². The number of carbonyl (C=O) groups is 1. The molecule has 1 aliphatic carbocycles. The second-order valence-corrected chi connectivity index (χ2v) is 7.05. The molecular formula is C14H29N3O2. The van der Waals surface area contributed by atoms with E-state index >= 15 is 0 Å². The van der Waals surface area contributed by atoms with Gasteiger partial charge in [0, 0.05) is 11.6 Å². The Morgan fingerprint density at radius 1 is 1.26 bits per heavy atom.